The van der Waals surface area contributed by atoms with Crippen LogP contribution in [0.15, 0.2) is 24.3 Å². The fourth-order valence-corrected chi connectivity index (χ4v) is 1.37. The van der Waals surface area contributed by atoms with Gasteiger partial charge in [0.25, 0.3) is 0 Å². The average molecular weight is 233 g/mol. The maximum atomic E-state index is 11.0. The Morgan fingerprint density at radius 1 is 1.41 bits per heavy atom. The van der Waals surface area contributed by atoms with Crippen LogP contribution < -0.4 is 5.73 Å². The number of carbonyl (C=O) groups is 1. The van der Waals surface area contributed by atoms with Crippen molar-refractivity contribution in [2.45, 2.75) is 12.5 Å². The first-order valence-corrected chi connectivity index (χ1v) is 4.88. The number of rotatable bonds is 3. The van der Waals surface area contributed by atoms with Crippen molar-refractivity contribution in [1.82, 2.24) is 20.6 Å². The van der Waals surface area contributed by atoms with Gasteiger partial charge in [0, 0.05) is 5.56 Å². The molecule has 1 aromatic carbocycles. The number of nitrogens with zero attached hydrogens (tertiary/aromatic N) is 3. The minimum absolute atomic E-state index is 0.450. The molecule has 1 atom stereocenters. The highest BCUT2D eigenvalue weighted by atomic mass is 16.4. The van der Waals surface area contributed by atoms with Crippen LogP contribution in [0.1, 0.15) is 12.5 Å². The molecule has 7 heteroatoms. The molecule has 2 aromatic rings. The normalized spacial score (nSPS) is 14.2. The summed E-state index contributed by atoms with van der Waals surface area (Å²) in [6, 6.07) is 6.68. The molecule has 0 amide bonds. The first-order valence-electron chi connectivity index (χ1n) is 4.88. The van der Waals surface area contributed by atoms with Crippen molar-refractivity contribution in [3.63, 3.8) is 0 Å². The van der Waals surface area contributed by atoms with Crippen LogP contribution in [0.5, 0.6) is 0 Å². The Bertz CT molecular complexity index is 518. The Balaban J connectivity index is 2.34. The Labute approximate surface area is 96.7 Å². The molecule has 0 bridgehead atoms. The van der Waals surface area contributed by atoms with Gasteiger partial charge < -0.3 is 10.8 Å². The summed E-state index contributed by atoms with van der Waals surface area (Å²) in [6.07, 6.45) is 0. The van der Waals surface area contributed by atoms with E-state index in [1.54, 1.807) is 24.3 Å². The number of benzene rings is 1. The molecule has 0 saturated heterocycles. The Morgan fingerprint density at radius 3 is 2.53 bits per heavy atom. The molecule has 4 N–H and O–H groups in total. The maximum Gasteiger partial charge on any atom is 0.328 e. The quantitative estimate of drug-likeness (QED) is 0.693. The molecule has 88 valence electrons. The number of nitrogens with two attached hydrogens (primary N) is 1. The predicted octanol–water partition coefficient (Wildman–Crippen LogP) is 0.125. The molecule has 2 rings (SSSR count). The molecule has 17 heavy (non-hydrogen) atoms. The predicted molar refractivity (Wildman–Crippen MR) is 58.8 cm³/mol. The summed E-state index contributed by atoms with van der Waals surface area (Å²) in [5, 5.41) is 22.4. The second kappa shape index (κ2) is 3.95. The summed E-state index contributed by atoms with van der Waals surface area (Å²) in [6.45, 7) is 1.44. The SMILES string of the molecule is C[C@](N)(C(=O)O)c1ccc(-c2nn[nH]n2)cc1. The zero-order chi connectivity index (χ0) is 12.5. The number of hydrogen-bond donors (Lipinski definition) is 3. The van der Waals surface area contributed by atoms with E-state index in [0.717, 1.165) is 5.56 Å². The molecule has 0 aliphatic heterocycles. The van der Waals surface area contributed by atoms with Crippen LogP contribution in [-0.2, 0) is 10.3 Å². The van der Waals surface area contributed by atoms with E-state index < -0.39 is 11.5 Å². The van der Waals surface area contributed by atoms with Gasteiger partial charge in [-0.1, -0.05) is 24.3 Å². The van der Waals surface area contributed by atoms with Gasteiger partial charge in [0.05, 0.1) is 0 Å². The van der Waals surface area contributed by atoms with Crippen LogP contribution in [0.25, 0.3) is 11.4 Å². The monoisotopic (exact) mass is 233 g/mol. The van der Waals surface area contributed by atoms with Crippen molar-refractivity contribution in [1.29, 1.82) is 0 Å². The van der Waals surface area contributed by atoms with Crippen molar-refractivity contribution in [3.05, 3.63) is 29.8 Å². The molecule has 1 heterocycles. The molecular weight excluding hydrogens is 222 g/mol. The van der Waals surface area contributed by atoms with E-state index >= 15 is 0 Å². The lowest BCUT2D eigenvalue weighted by Gasteiger charge is -2.19. The van der Waals surface area contributed by atoms with Gasteiger partial charge in [-0.2, -0.15) is 5.21 Å². The van der Waals surface area contributed by atoms with E-state index in [1.807, 2.05) is 0 Å². The molecule has 0 saturated carbocycles. The van der Waals surface area contributed by atoms with Crippen molar-refractivity contribution < 1.29 is 9.90 Å². The van der Waals surface area contributed by atoms with Crippen molar-refractivity contribution in [3.8, 4) is 11.4 Å². The number of H-pyrrole nitrogens is 1. The summed E-state index contributed by atoms with van der Waals surface area (Å²) in [7, 11) is 0. The van der Waals surface area contributed by atoms with Gasteiger partial charge in [-0.15, -0.1) is 10.2 Å². The standard InChI is InChI=1S/C10H11N5O2/c1-10(11,9(16)17)7-4-2-6(3-5-7)8-12-14-15-13-8/h2-5H,11H2,1H3,(H,16,17)(H,12,13,14,15)/t10-/m1/s1. The Kier molecular flexibility index (Phi) is 2.60. The third-order valence-electron chi connectivity index (χ3n) is 2.53. The fraction of sp³-hybridized carbons (Fsp3) is 0.200. The lowest BCUT2D eigenvalue weighted by Crippen LogP contribution is -2.41. The second-order valence-corrected chi connectivity index (χ2v) is 3.82. The number of nitrogens with one attached hydrogen (secondary N) is 1. The van der Waals surface area contributed by atoms with Crippen LogP contribution in [0.3, 0.4) is 0 Å². The molecule has 1 aromatic heterocycles. The van der Waals surface area contributed by atoms with Gasteiger partial charge in [0.2, 0.25) is 5.82 Å². The van der Waals surface area contributed by atoms with Crippen LogP contribution in [0.2, 0.25) is 0 Å². The molecule has 0 aliphatic carbocycles. The minimum Gasteiger partial charge on any atom is -0.480 e. The van der Waals surface area contributed by atoms with E-state index in [-0.39, 0.29) is 0 Å². The van der Waals surface area contributed by atoms with Crippen LogP contribution in [0, 0.1) is 0 Å². The second-order valence-electron chi connectivity index (χ2n) is 3.82. The van der Waals surface area contributed by atoms with E-state index in [9.17, 15) is 4.79 Å². The summed E-state index contributed by atoms with van der Waals surface area (Å²) in [5.74, 6) is -0.629. The fourth-order valence-electron chi connectivity index (χ4n) is 1.37. The third kappa shape index (κ3) is 2.00. The zero-order valence-corrected chi connectivity index (χ0v) is 9.08. The number of carboxylic acid groups (broad SMARTS) is 1. The van der Waals surface area contributed by atoms with Gasteiger partial charge in [-0.25, -0.2) is 4.79 Å². The van der Waals surface area contributed by atoms with E-state index in [1.165, 1.54) is 6.92 Å². The van der Waals surface area contributed by atoms with Crippen molar-refractivity contribution in [2.75, 3.05) is 0 Å². The third-order valence-corrected chi connectivity index (χ3v) is 2.53. The van der Waals surface area contributed by atoms with E-state index in [0.29, 0.717) is 11.4 Å². The van der Waals surface area contributed by atoms with Crippen LogP contribution in [0.4, 0.5) is 0 Å². The largest absolute Gasteiger partial charge is 0.480 e. The van der Waals surface area contributed by atoms with Crippen LogP contribution in [-0.4, -0.2) is 31.7 Å². The summed E-state index contributed by atoms with van der Waals surface area (Å²) >= 11 is 0. The van der Waals surface area contributed by atoms with Gasteiger partial charge >= 0.3 is 5.97 Å². The van der Waals surface area contributed by atoms with E-state index in [2.05, 4.69) is 20.6 Å². The first-order chi connectivity index (χ1) is 8.01. The molecule has 0 aliphatic rings. The number of hydrogen-bond acceptors (Lipinski definition) is 5. The Hall–Kier alpha value is -2.28. The highest BCUT2D eigenvalue weighted by Crippen LogP contribution is 2.21. The van der Waals surface area contributed by atoms with Crippen LogP contribution >= 0.6 is 0 Å². The highest BCUT2D eigenvalue weighted by molar-refractivity contribution is 5.80. The summed E-state index contributed by atoms with van der Waals surface area (Å²) in [5.41, 5.74) is 5.54. The first kappa shape index (κ1) is 11.2. The molecule has 7 nitrogen and oxygen atoms in total. The maximum absolute atomic E-state index is 11.0. The zero-order valence-electron chi connectivity index (χ0n) is 9.08. The van der Waals surface area contributed by atoms with Crippen molar-refractivity contribution >= 4 is 5.97 Å². The molecule has 0 unspecified atom stereocenters. The number of tetrazole rings is 1. The number of aromatic nitrogens is 4. The lowest BCUT2D eigenvalue weighted by molar-refractivity contribution is -0.143. The minimum atomic E-state index is -1.41. The number of carboxylic acids is 1. The van der Waals surface area contributed by atoms with Gasteiger partial charge in [0.1, 0.15) is 5.54 Å². The topological polar surface area (TPSA) is 118 Å². The molecule has 0 radical (unpaired) electrons. The summed E-state index contributed by atoms with van der Waals surface area (Å²) < 4.78 is 0. The lowest BCUT2D eigenvalue weighted by atomic mass is 9.92. The number of aromatic amines is 1. The Morgan fingerprint density at radius 2 is 2.06 bits per heavy atom. The van der Waals surface area contributed by atoms with E-state index in [4.69, 9.17) is 10.8 Å². The summed E-state index contributed by atoms with van der Waals surface area (Å²) in [4.78, 5) is 11.0. The number of aliphatic carboxylic acids is 1. The molecule has 0 spiro atoms. The molecule has 0 fully saturated rings. The smallest absolute Gasteiger partial charge is 0.328 e. The van der Waals surface area contributed by atoms with Gasteiger partial charge in [-0.3, -0.25) is 0 Å². The average Bonchev–Trinajstić information content (AvgIpc) is 2.82. The molecular formula is C10H11N5O2. The van der Waals surface area contributed by atoms with Gasteiger partial charge in [-0.05, 0) is 17.7 Å². The van der Waals surface area contributed by atoms with Gasteiger partial charge in [0.15, 0.2) is 0 Å². The van der Waals surface area contributed by atoms with Crippen molar-refractivity contribution in [2.24, 2.45) is 5.73 Å². The highest BCUT2D eigenvalue weighted by Gasteiger charge is 2.29.